The number of halogens is 1. The molecule has 0 saturated heterocycles. The second-order valence-electron chi connectivity index (χ2n) is 6.10. The summed E-state index contributed by atoms with van der Waals surface area (Å²) >= 11 is 0. The fourth-order valence-electron chi connectivity index (χ4n) is 3.80. The minimum absolute atomic E-state index is 0. The van der Waals surface area contributed by atoms with E-state index in [1.54, 1.807) is 0 Å². The van der Waals surface area contributed by atoms with Gasteiger partial charge in [0.15, 0.2) is 0 Å². The summed E-state index contributed by atoms with van der Waals surface area (Å²) in [7, 11) is 0. The Hall–Kier alpha value is -1.35. The van der Waals surface area contributed by atoms with Crippen LogP contribution in [-0.2, 0) is 5.41 Å². The summed E-state index contributed by atoms with van der Waals surface area (Å²) in [5.74, 6) is 0. The topological polar surface area (TPSA) is 47.9 Å². The first-order valence-electron chi connectivity index (χ1n) is 8.22. The summed E-state index contributed by atoms with van der Waals surface area (Å²) in [6.07, 6.45) is 2.62. The summed E-state index contributed by atoms with van der Waals surface area (Å²) in [6.45, 7) is 4.56. The standard InChI is InChI=1S/C20H27NO.ClH/c1-3-19(21,4-2)20(15-16-22,17-11-7-5-8-12-17)18-13-9-6-10-14-18;/h5-14,22H,3-4,15-16,21H2,1-2H3;1H. The van der Waals surface area contributed by atoms with E-state index in [1.165, 1.54) is 11.1 Å². The van der Waals surface area contributed by atoms with Crippen LogP contribution in [0.4, 0.5) is 0 Å². The zero-order chi connectivity index (χ0) is 16.1. The quantitative estimate of drug-likeness (QED) is 0.745. The maximum absolute atomic E-state index is 9.85. The first-order valence-corrected chi connectivity index (χ1v) is 8.22. The molecule has 0 atom stereocenters. The van der Waals surface area contributed by atoms with Gasteiger partial charge < -0.3 is 23.2 Å². The van der Waals surface area contributed by atoms with Crippen molar-refractivity contribution in [2.75, 3.05) is 6.61 Å². The lowest BCUT2D eigenvalue weighted by Crippen LogP contribution is -3.00. The lowest BCUT2D eigenvalue weighted by Gasteiger charge is -2.46. The number of aliphatic hydroxyl groups is 1. The Morgan fingerprint density at radius 2 is 1.22 bits per heavy atom. The van der Waals surface area contributed by atoms with Gasteiger partial charge in [0.25, 0.3) is 0 Å². The molecule has 4 N–H and O–H groups in total. The van der Waals surface area contributed by atoms with Crippen LogP contribution in [-0.4, -0.2) is 17.3 Å². The van der Waals surface area contributed by atoms with Gasteiger partial charge in [-0.25, -0.2) is 0 Å². The molecule has 0 heterocycles. The molecule has 2 aromatic rings. The van der Waals surface area contributed by atoms with E-state index in [-0.39, 0.29) is 30.0 Å². The van der Waals surface area contributed by atoms with Crippen molar-refractivity contribution < 1.29 is 23.2 Å². The Morgan fingerprint density at radius 1 is 0.826 bits per heavy atom. The molecule has 0 aromatic heterocycles. The van der Waals surface area contributed by atoms with Crippen LogP contribution in [0.15, 0.2) is 60.7 Å². The van der Waals surface area contributed by atoms with E-state index in [0.29, 0.717) is 6.42 Å². The van der Waals surface area contributed by atoms with Crippen LogP contribution in [0.3, 0.4) is 0 Å². The summed E-state index contributed by atoms with van der Waals surface area (Å²) in [5, 5.41) is 9.85. The van der Waals surface area contributed by atoms with Crippen molar-refractivity contribution in [3.63, 3.8) is 0 Å². The molecule has 2 rings (SSSR count). The second kappa shape index (κ2) is 8.49. The molecule has 126 valence electrons. The fourth-order valence-corrected chi connectivity index (χ4v) is 3.80. The Labute approximate surface area is 146 Å². The molecule has 0 unspecified atom stereocenters. The van der Waals surface area contributed by atoms with Crippen molar-refractivity contribution in [3.8, 4) is 0 Å². The molecule has 0 spiro atoms. The average molecular weight is 334 g/mol. The first-order chi connectivity index (χ1) is 10.6. The lowest BCUT2D eigenvalue weighted by atomic mass is 9.58. The number of aliphatic hydroxyl groups excluding tert-OH is 1. The smallest absolute Gasteiger partial charge is 0.108 e. The molecule has 0 aliphatic rings. The predicted molar refractivity (Wildman–Crippen MR) is 91.6 cm³/mol. The molecule has 3 heteroatoms. The summed E-state index contributed by atoms with van der Waals surface area (Å²) < 4.78 is 0. The normalized spacial score (nSPS) is 11.8. The molecule has 0 saturated carbocycles. The maximum atomic E-state index is 9.85. The Bertz CT molecular complexity index is 527. The van der Waals surface area contributed by atoms with Gasteiger partial charge in [0.2, 0.25) is 0 Å². The summed E-state index contributed by atoms with van der Waals surface area (Å²) in [4.78, 5) is 0. The molecular formula is C20H28ClNO. The van der Waals surface area contributed by atoms with E-state index in [4.69, 9.17) is 0 Å². The molecular weight excluding hydrogens is 306 g/mol. The molecule has 0 radical (unpaired) electrons. The zero-order valence-corrected chi connectivity index (χ0v) is 14.9. The highest BCUT2D eigenvalue weighted by Gasteiger charge is 2.51. The minimum Gasteiger partial charge on any atom is -1.00 e. The van der Waals surface area contributed by atoms with Gasteiger partial charge in [-0.3, -0.25) is 0 Å². The van der Waals surface area contributed by atoms with Crippen LogP contribution in [0.25, 0.3) is 0 Å². The van der Waals surface area contributed by atoms with Crippen LogP contribution in [0, 0.1) is 0 Å². The highest BCUT2D eigenvalue weighted by atomic mass is 35.5. The monoisotopic (exact) mass is 333 g/mol. The van der Waals surface area contributed by atoms with Crippen molar-refractivity contribution >= 4 is 0 Å². The number of hydrogen-bond acceptors (Lipinski definition) is 1. The van der Waals surface area contributed by atoms with Crippen LogP contribution in [0.1, 0.15) is 44.2 Å². The molecule has 0 fully saturated rings. The molecule has 0 aliphatic carbocycles. The molecule has 23 heavy (non-hydrogen) atoms. The largest absolute Gasteiger partial charge is 1.00 e. The van der Waals surface area contributed by atoms with E-state index in [0.717, 1.165) is 12.8 Å². The summed E-state index contributed by atoms with van der Waals surface area (Å²) in [6, 6.07) is 21.1. The van der Waals surface area contributed by atoms with E-state index in [9.17, 15) is 5.11 Å². The van der Waals surface area contributed by atoms with E-state index < -0.39 is 0 Å². The maximum Gasteiger partial charge on any atom is 0.108 e. The third-order valence-electron chi connectivity index (χ3n) is 5.28. The predicted octanol–water partition coefficient (Wildman–Crippen LogP) is 0.160. The van der Waals surface area contributed by atoms with Crippen molar-refractivity contribution in [1.29, 1.82) is 0 Å². The Morgan fingerprint density at radius 3 is 1.52 bits per heavy atom. The van der Waals surface area contributed by atoms with Crippen LogP contribution < -0.4 is 18.1 Å². The minimum atomic E-state index is -0.270. The molecule has 2 nitrogen and oxygen atoms in total. The van der Waals surface area contributed by atoms with Gasteiger partial charge in [-0.15, -0.1) is 0 Å². The Kier molecular flexibility index (Phi) is 7.27. The van der Waals surface area contributed by atoms with Crippen LogP contribution >= 0.6 is 0 Å². The fraction of sp³-hybridized carbons (Fsp3) is 0.400. The lowest BCUT2D eigenvalue weighted by molar-refractivity contribution is -0.497. The van der Waals surface area contributed by atoms with Gasteiger partial charge in [-0.2, -0.15) is 0 Å². The van der Waals surface area contributed by atoms with Gasteiger partial charge >= 0.3 is 0 Å². The second-order valence-corrected chi connectivity index (χ2v) is 6.10. The SMILES string of the molecule is CCC([NH3+])(CC)C(CCO)(c1ccccc1)c1ccccc1.[Cl-]. The number of quaternary nitrogens is 1. The van der Waals surface area contributed by atoms with E-state index in [1.807, 2.05) is 12.1 Å². The van der Waals surface area contributed by atoms with E-state index in [2.05, 4.69) is 68.1 Å². The van der Waals surface area contributed by atoms with Gasteiger partial charge in [0.1, 0.15) is 5.54 Å². The molecule has 0 amide bonds. The highest BCUT2D eigenvalue weighted by molar-refractivity contribution is 5.43. The van der Waals surface area contributed by atoms with Gasteiger partial charge in [0.05, 0.1) is 5.41 Å². The number of hydrogen-bond donors (Lipinski definition) is 2. The molecule has 2 aromatic carbocycles. The van der Waals surface area contributed by atoms with Gasteiger partial charge in [-0.05, 0) is 17.5 Å². The average Bonchev–Trinajstić information content (AvgIpc) is 2.60. The molecule has 0 bridgehead atoms. The van der Waals surface area contributed by atoms with Crippen molar-refractivity contribution in [3.05, 3.63) is 71.8 Å². The van der Waals surface area contributed by atoms with Crippen LogP contribution in [0.2, 0.25) is 0 Å². The van der Waals surface area contributed by atoms with Crippen molar-refractivity contribution in [1.82, 2.24) is 0 Å². The van der Waals surface area contributed by atoms with Gasteiger partial charge in [-0.1, -0.05) is 74.5 Å². The zero-order valence-electron chi connectivity index (χ0n) is 14.1. The Balaban J connectivity index is 0.00000264. The van der Waals surface area contributed by atoms with Crippen molar-refractivity contribution in [2.24, 2.45) is 0 Å². The third-order valence-corrected chi connectivity index (χ3v) is 5.28. The highest BCUT2D eigenvalue weighted by Crippen LogP contribution is 2.45. The first kappa shape index (κ1) is 19.7. The summed E-state index contributed by atoms with van der Waals surface area (Å²) in [5.41, 5.74) is 6.70. The molecule has 0 aliphatic heterocycles. The third kappa shape index (κ3) is 3.45. The van der Waals surface area contributed by atoms with Gasteiger partial charge in [0, 0.05) is 19.4 Å². The van der Waals surface area contributed by atoms with Crippen molar-refractivity contribution in [2.45, 2.75) is 44.1 Å². The number of benzene rings is 2. The van der Waals surface area contributed by atoms with Crippen LogP contribution in [0.5, 0.6) is 0 Å². The number of rotatable bonds is 7. The van der Waals surface area contributed by atoms with E-state index >= 15 is 0 Å².